The highest BCUT2D eigenvalue weighted by Crippen LogP contribution is 2.03. The van der Waals surface area contributed by atoms with Crippen molar-refractivity contribution in [2.24, 2.45) is 5.73 Å². The Labute approximate surface area is 111 Å². The summed E-state index contributed by atoms with van der Waals surface area (Å²) in [7, 11) is 1.87. The Morgan fingerprint density at radius 3 is 2.39 bits per heavy atom. The summed E-state index contributed by atoms with van der Waals surface area (Å²) in [5.74, 6) is 0.215. The van der Waals surface area contributed by atoms with E-state index < -0.39 is 0 Å². The van der Waals surface area contributed by atoms with Gasteiger partial charge >= 0.3 is 0 Å². The van der Waals surface area contributed by atoms with Crippen molar-refractivity contribution >= 4 is 5.91 Å². The second-order valence-corrected chi connectivity index (χ2v) is 5.08. The van der Waals surface area contributed by atoms with Crippen molar-refractivity contribution in [3.05, 3.63) is 0 Å². The predicted molar refractivity (Wildman–Crippen MR) is 74.5 cm³/mol. The van der Waals surface area contributed by atoms with Crippen molar-refractivity contribution in [3.63, 3.8) is 0 Å². The van der Waals surface area contributed by atoms with Crippen LogP contribution in [-0.2, 0) is 4.79 Å². The predicted octanol–water partition coefficient (Wildman–Crippen LogP) is -0.179. The number of nitrogens with zero attached hydrogens (tertiary/aromatic N) is 3. The van der Waals surface area contributed by atoms with Crippen LogP contribution < -0.4 is 5.73 Å². The topological polar surface area (TPSA) is 52.8 Å². The highest BCUT2D eigenvalue weighted by atomic mass is 16.2. The maximum Gasteiger partial charge on any atom is 0.236 e. The van der Waals surface area contributed by atoms with E-state index in [1.54, 1.807) is 4.90 Å². The lowest BCUT2D eigenvalue weighted by atomic mass is 10.3. The normalized spacial score (nSPS) is 17.9. The second kappa shape index (κ2) is 8.45. The van der Waals surface area contributed by atoms with Gasteiger partial charge < -0.3 is 15.5 Å². The monoisotopic (exact) mass is 256 g/mol. The van der Waals surface area contributed by atoms with Crippen molar-refractivity contribution in [2.75, 3.05) is 59.4 Å². The van der Waals surface area contributed by atoms with Crippen LogP contribution in [0.5, 0.6) is 0 Å². The van der Waals surface area contributed by atoms with Crippen LogP contribution in [0.2, 0.25) is 0 Å². The quantitative estimate of drug-likeness (QED) is 0.687. The van der Waals surface area contributed by atoms with Crippen LogP contribution in [0.15, 0.2) is 0 Å². The SMILES string of the molecule is CCCN1CCN(CC(=O)N(C)CCCN)CC1. The molecule has 0 unspecified atom stereocenters. The van der Waals surface area contributed by atoms with Gasteiger partial charge in [-0.15, -0.1) is 0 Å². The fourth-order valence-corrected chi connectivity index (χ4v) is 2.25. The standard InChI is InChI=1S/C13H28N4O/c1-3-6-16-8-10-17(11-9-16)12-13(18)15(2)7-4-5-14/h3-12,14H2,1-2H3. The molecule has 1 saturated heterocycles. The molecule has 0 spiro atoms. The Morgan fingerprint density at radius 1 is 1.22 bits per heavy atom. The molecule has 0 aromatic carbocycles. The zero-order chi connectivity index (χ0) is 13.4. The molecule has 5 nitrogen and oxygen atoms in total. The van der Waals surface area contributed by atoms with Crippen LogP contribution >= 0.6 is 0 Å². The van der Waals surface area contributed by atoms with Gasteiger partial charge in [-0.1, -0.05) is 6.92 Å². The molecule has 106 valence electrons. The summed E-state index contributed by atoms with van der Waals surface area (Å²) in [5, 5.41) is 0. The van der Waals surface area contributed by atoms with Gasteiger partial charge in [0.15, 0.2) is 0 Å². The number of nitrogens with two attached hydrogens (primary N) is 1. The van der Waals surface area contributed by atoms with Gasteiger partial charge in [-0.3, -0.25) is 9.69 Å². The Morgan fingerprint density at radius 2 is 1.83 bits per heavy atom. The van der Waals surface area contributed by atoms with Crippen LogP contribution in [0.4, 0.5) is 0 Å². The summed E-state index contributed by atoms with van der Waals surface area (Å²) in [6.07, 6.45) is 2.09. The van der Waals surface area contributed by atoms with E-state index in [4.69, 9.17) is 5.73 Å². The van der Waals surface area contributed by atoms with Gasteiger partial charge in [0, 0.05) is 39.8 Å². The van der Waals surface area contributed by atoms with E-state index in [1.807, 2.05) is 7.05 Å². The van der Waals surface area contributed by atoms with Crippen molar-refractivity contribution in [3.8, 4) is 0 Å². The van der Waals surface area contributed by atoms with Crippen LogP contribution in [0, 0.1) is 0 Å². The molecule has 0 saturated carbocycles. The molecule has 0 aromatic rings. The Balaban J connectivity index is 2.21. The summed E-state index contributed by atoms with van der Waals surface area (Å²) in [5.41, 5.74) is 5.45. The lowest BCUT2D eigenvalue weighted by Gasteiger charge is -2.34. The van der Waals surface area contributed by atoms with E-state index in [0.717, 1.165) is 39.1 Å². The van der Waals surface area contributed by atoms with Gasteiger partial charge in [-0.05, 0) is 25.9 Å². The summed E-state index contributed by atoms with van der Waals surface area (Å²) < 4.78 is 0. The third-order valence-corrected chi connectivity index (χ3v) is 3.49. The first-order valence-corrected chi connectivity index (χ1v) is 7.06. The third kappa shape index (κ3) is 5.33. The molecular weight excluding hydrogens is 228 g/mol. The van der Waals surface area contributed by atoms with E-state index in [2.05, 4.69) is 16.7 Å². The Bertz CT molecular complexity index is 239. The zero-order valence-electron chi connectivity index (χ0n) is 11.9. The minimum absolute atomic E-state index is 0.215. The minimum atomic E-state index is 0.215. The first kappa shape index (κ1) is 15.4. The first-order valence-electron chi connectivity index (χ1n) is 7.06. The average Bonchev–Trinajstić information content (AvgIpc) is 2.38. The number of piperazine rings is 1. The molecule has 0 bridgehead atoms. The van der Waals surface area contributed by atoms with Crippen molar-refractivity contribution < 1.29 is 4.79 Å². The smallest absolute Gasteiger partial charge is 0.236 e. The van der Waals surface area contributed by atoms with Crippen LogP contribution in [-0.4, -0.2) is 80.0 Å². The molecule has 0 aromatic heterocycles. The number of amides is 1. The molecule has 1 heterocycles. The molecule has 1 aliphatic heterocycles. The summed E-state index contributed by atoms with van der Waals surface area (Å²) in [6, 6.07) is 0. The second-order valence-electron chi connectivity index (χ2n) is 5.08. The maximum atomic E-state index is 12.0. The van der Waals surface area contributed by atoms with Gasteiger partial charge in [0.05, 0.1) is 6.54 Å². The third-order valence-electron chi connectivity index (χ3n) is 3.49. The average molecular weight is 256 g/mol. The molecule has 2 N–H and O–H groups in total. The molecule has 1 amide bonds. The molecule has 0 radical (unpaired) electrons. The molecule has 0 aliphatic carbocycles. The number of carbonyl (C=O) groups is 1. The van der Waals surface area contributed by atoms with E-state index in [0.29, 0.717) is 13.1 Å². The molecule has 1 rings (SSSR count). The van der Waals surface area contributed by atoms with E-state index in [1.165, 1.54) is 13.0 Å². The number of rotatable bonds is 7. The van der Waals surface area contributed by atoms with E-state index in [9.17, 15) is 4.79 Å². The first-order chi connectivity index (χ1) is 8.67. The van der Waals surface area contributed by atoms with Gasteiger partial charge in [0.1, 0.15) is 0 Å². The van der Waals surface area contributed by atoms with E-state index >= 15 is 0 Å². The summed E-state index contributed by atoms with van der Waals surface area (Å²) in [6.45, 7) is 9.56. The van der Waals surface area contributed by atoms with Crippen molar-refractivity contribution in [1.29, 1.82) is 0 Å². The van der Waals surface area contributed by atoms with Crippen LogP contribution in [0.1, 0.15) is 19.8 Å². The Hall–Kier alpha value is -0.650. The number of likely N-dealkylation sites (N-methyl/N-ethyl adjacent to an activating group) is 1. The highest BCUT2D eigenvalue weighted by Gasteiger charge is 2.19. The molecular formula is C13H28N4O. The fourth-order valence-electron chi connectivity index (χ4n) is 2.25. The molecule has 1 fully saturated rings. The maximum absolute atomic E-state index is 12.0. The molecule has 1 aliphatic rings. The number of carbonyl (C=O) groups excluding carboxylic acids is 1. The summed E-state index contributed by atoms with van der Waals surface area (Å²) >= 11 is 0. The van der Waals surface area contributed by atoms with Gasteiger partial charge in [-0.25, -0.2) is 0 Å². The fraction of sp³-hybridized carbons (Fsp3) is 0.923. The Kier molecular flexibility index (Phi) is 7.23. The highest BCUT2D eigenvalue weighted by molar-refractivity contribution is 5.77. The van der Waals surface area contributed by atoms with Gasteiger partial charge in [-0.2, -0.15) is 0 Å². The van der Waals surface area contributed by atoms with Gasteiger partial charge in [0.25, 0.3) is 0 Å². The van der Waals surface area contributed by atoms with Crippen LogP contribution in [0.3, 0.4) is 0 Å². The molecule has 18 heavy (non-hydrogen) atoms. The zero-order valence-corrected chi connectivity index (χ0v) is 11.9. The largest absolute Gasteiger partial charge is 0.345 e. The lowest BCUT2D eigenvalue weighted by Crippen LogP contribution is -2.49. The molecule has 5 heteroatoms. The van der Waals surface area contributed by atoms with Crippen LogP contribution in [0.25, 0.3) is 0 Å². The molecule has 0 atom stereocenters. The van der Waals surface area contributed by atoms with E-state index in [-0.39, 0.29) is 5.91 Å². The number of hydrogen-bond donors (Lipinski definition) is 1. The minimum Gasteiger partial charge on any atom is -0.345 e. The van der Waals surface area contributed by atoms with Gasteiger partial charge in [0.2, 0.25) is 5.91 Å². The number of hydrogen-bond acceptors (Lipinski definition) is 4. The lowest BCUT2D eigenvalue weighted by molar-refractivity contribution is -0.131. The van der Waals surface area contributed by atoms with Crippen molar-refractivity contribution in [2.45, 2.75) is 19.8 Å². The summed E-state index contributed by atoms with van der Waals surface area (Å²) in [4.78, 5) is 18.5. The van der Waals surface area contributed by atoms with Crippen molar-refractivity contribution in [1.82, 2.24) is 14.7 Å².